The molecule has 2 aromatic rings. The van der Waals surface area contributed by atoms with E-state index in [1.807, 2.05) is 0 Å². The maximum Gasteiger partial charge on any atom is 0.411 e. The minimum absolute atomic E-state index is 0.0313. The molecule has 0 amide bonds. The number of aromatic nitrogens is 1. The second-order valence-corrected chi connectivity index (χ2v) is 4.22. The molecule has 108 valence electrons. The lowest BCUT2D eigenvalue weighted by molar-refractivity contribution is -0.172. The Labute approximate surface area is 113 Å². The molecule has 0 atom stereocenters. The molecule has 7 heteroatoms. The van der Waals surface area contributed by atoms with Gasteiger partial charge in [0.25, 0.3) is 0 Å². The Morgan fingerprint density at radius 1 is 1.20 bits per heavy atom. The van der Waals surface area contributed by atoms with Gasteiger partial charge < -0.3 is 15.8 Å². The highest BCUT2D eigenvalue weighted by Crippen LogP contribution is 2.27. The molecule has 4 nitrogen and oxygen atoms in total. The second kappa shape index (κ2) is 5.96. The van der Waals surface area contributed by atoms with Crippen LogP contribution in [0.25, 0.3) is 10.8 Å². The molecule has 2 rings (SSSR count). The number of nitrogens with zero attached hydrogens (tertiary/aromatic N) is 1. The Hall–Kier alpha value is -2.02. The number of anilines is 2. The summed E-state index contributed by atoms with van der Waals surface area (Å²) in [5, 5.41) is 4.70. The number of nitrogens with two attached hydrogens (primary N) is 1. The van der Waals surface area contributed by atoms with Crippen LogP contribution in [0, 0.1) is 0 Å². The van der Waals surface area contributed by atoms with E-state index in [4.69, 9.17) is 5.73 Å². The number of halogens is 3. The van der Waals surface area contributed by atoms with Crippen molar-refractivity contribution in [3.05, 3.63) is 30.6 Å². The zero-order chi connectivity index (χ0) is 14.6. The molecule has 1 aromatic carbocycles. The number of pyridine rings is 1. The monoisotopic (exact) mass is 285 g/mol. The van der Waals surface area contributed by atoms with Gasteiger partial charge in [0.2, 0.25) is 0 Å². The lowest BCUT2D eigenvalue weighted by Crippen LogP contribution is -2.20. The maximum absolute atomic E-state index is 11.9. The third-order valence-electron chi connectivity index (χ3n) is 2.68. The third-order valence-corrected chi connectivity index (χ3v) is 2.68. The van der Waals surface area contributed by atoms with E-state index in [1.165, 1.54) is 0 Å². The first-order chi connectivity index (χ1) is 9.47. The number of benzene rings is 1. The van der Waals surface area contributed by atoms with E-state index in [9.17, 15) is 13.2 Å². The number of fused-ring (bicyclic) bond motifs is 1. The molecule has 0 aliphatic rings. The molecular weight excluding hydrogens is 271 g/mol. The molecule has 1 heterocycles. The Balaban J connectivity index is 1.95. The van der Waals surface area contributed by atoms with Gasteiger partial charge in [0.1, 0.15) is 6.61 Å². The van der Waals surface area contributed by atoms with Gasteiger partial charge in [-0.25, -0.2) is 0 Å². The smallest absolute Gasteiger partial charge is 0.398 e. The van der Waals surface area contributed by atoms with Crippen molar-refractivity contribution in [2.24, 2.45) is 0 Å². The predicted molar refractivity (Wildman–Crippen MR) is 71.5 cm³/mol. The number of alkyl halides is 3. The fourth-order valence-electron chi connectivity index (χ4n) is 1.81. The van der Waals surface area contributed by atoms with Crippen molar-refractivity contribution in [2.75, 3.05) is 30.8 Å². The summed E-state index contributed by atoms with van der Waals surface area (Å²) in [6.07, 6.45) is -1.01. The van der Waals surface area contributed by atoms with Crippen LogP contribution >= 0.6 is 0 Å². The fraction of sp³-hybridized carbons (Fsp3) is 0.308. The normalized spacial score (nSPS) is 11.8. The highest BCUT2D eigenvalue weighted by atomic mass is 19.4. The molecule has 0 fully saturated rings. The largest absolute Gasteiger partial charge is 0.411 e. The van der Waals surface area contributed by atoms with Crippen molar-refractivity contribution in [3.8, 4) is 0 Å². The van der Waals surface area contributed by atoms with Crippen molar-refractivity contribution >= 4 is 22.1 Å². The topological polar surface area (TPSA) is 60.2 Å². The van der Waals surface area contributed by atoms with Gasteiger partial charge in [-0.2, -0.15) is 13.2 Å². The third kappa shape index (κ3) is 3.74. The van der Waals surface area contributed by atoms with Crippen LogP contribution in [0.1, 0.15) is 0 Å². The van der Waals surface area contributed by atoms with E-state index in [0.717, 1.165) is 16.5 Å². The summed E-state index contributed by atoms with van der Waals surface area (Å²) in [6.45, 7) is -0.991. The van der Waals surface area contributed by atoms with Crippen molar-refractivity contribution in [2.45, 2.75) is 6.18 Å². The van der Waals surface area contributed by atoms with Crippen molar-refractivity contribution in [3.63, 3.8) is 0 Å². The number of nitrogens with one attached hydrogen (secondary N) is 1. The standard InChI is InChI=1S/C13H14F3N3O/c14-13(15,16)8-20-6-5-19-12-2-1-11(17)10-7-18-4-3-9(10)12/h1-4,7,19H,5-6,8,17H2. The van der Waals surface area contributed by atoms with Crippen LogP contribution in [0.3, 0.4) is 0 Å². The van der Waals surface area contributed by atoms with Crippen LogP contribution in [0.2, 0.25) is 0 Å². The Kier molecular flexibility index (Phi) is 4.29. The number of nitrogen functional groups attached to an aromatic ring is 1. The van der Waals surface area contributed by atoms with Gasteiger partial charge >= 0.3 is 6.18 Å². The molecule has 0 radical (unpaired) electrons. The molecule has 0 saturated carbocycles. The minimum atomic E-state index is -4.29. The Morgan fingerprint density at radius 3 is 2.75 bits per heavy atom. The van der Waals surface area contributed by atoms with E-state index in [0.29, 0.717) is 5.69 Å². The number of hydrogen-bond acceptors (Lipinski definition) is 4. The average molecular weight is 285 g/mol. The molecule has 0 aliphatic carbocycles. The van der Waals surface area contributed by atoms with Gasteiger partial charge in [-0.05, 0) is 18.2 Å². The first-order valence-electron chi connectivity index (χ1n) is 5.98. The summed E-state index contributed by atoms with van der Waals surface area (Å²) in [5.41, 5.74) is 7.22. The summed E-state index contributed by atoms with van der Waals surface area (Å²) < 4.78 is 40.2. The first kappa shape index (κ1) is 14.4. The highest BCUT2D eigenvalue weighted by Gasteiger charge is 2.27. The summed E-state index contributed by atoms with van der Waals surface area (Å²) in [5.74, 6) is 0. The lowest BCUT2D eigenvalue weighted by atomic mass is 10.1. The summed E-state index contributed by atoms with van der Waals surface area (Å²) >= 11 is 0. The SMILES string of the molecule is Nc1ccc(NCCOCC(F)(F)F)c2ccncc12. The van der Waals surface area contributed by atoms with Gasteiger partial charge in [0, 0.05) is 41.1 Å². The summed E-state index contributed by atoms with van der Waals surface area (Å²) in [6, 6.07) is 5.30. The van der Waals surface area contributed by atoms with E-state index in [2.05, 4.69) is 15.0 Å². The molecule has 0 saturated heterocycles. The maximum atomic E-state index is 11.9. The van der Waals surface area contributed by atoms with Gasteiger partial charge in [-0.3, -0.25) is 4.98 Å². The van der Waals surface area contributed by atoms with E-state index in [-0.39, 0.29) is 13.2 Å². The van der Waals surface area contributed by atoms with Crippen LogP contribution < -0.4 is 11.1 Å². The van der Waals surface area contributed by atoms with Crippen LogP contribution in [0.15, 0.2) is 30.6 Å². The lowest BCUT2D eigenvalue weighted by Gasteiger charge is -2.12. The Bertz CT molecular complexity index is 587. The molecule has 3 N–H and O–H groups in total. The first-order valence-corrected chi connectivity index (χ1v) is 5.98. The number of hydrogen-bond donors (Lipinski definition) is 2. The van der Waals surface area contributed by atoms with Crippen LogP contribution in [-0.2, 0) is 4.74 Å². The highest BCUT2D eigenvalue weighted by molar-refractivity contribution is 6.00. The zero-order valence-electron chi connectivity index (χ0n) is 10.6. The Morgan fingerprint density at radius 2 is 2.00 bits per heavy atom. The molecule has 1 aromatic heterocycles. The van der Waals surface area contributed by atoms with E-state index in [1.54, 1.807) is 30.6 Å². The van der Waals surface area contributed by atoms with Gasteiger partial charge in [0.05, 0.1) is 6.61 Å². The number of rotatable bonds is 5. The van der Waals surface area contributed by atoms with E-state index < -0.39 is 12.8 Å². The molecule has 0 aliphatic heterocycles. The van der Waals surface area contributed by atoms with Crippen LogP contribution in [0.5, 0.6) is 0 Å². The van der Waals surface area contributed by atoms with Gasteiger partial charge in [-0.1, -0.05) is 0 Å². The molecular formula is C13H14F3N3O. The summed E-state index contributed by atoms with van der Waals surface area (Å²) in [4.78, 5) is 3.99. The molecule has 0 unspecified atom stereocenters. The summed E-state index contributed by atoms with van der Waals surface area (Å²) in [7, 11) is 0. The van der Waals surface area contributed by atoms with Crippen molar-refractivity contribution in [1.82, 2.24) is 4.98 Å². The minimum Gasteiger partial charge on any atom is -0.398 e. The fourth-order valence-corrected chi connectivity index (χ4v) is 1.81. The van der Waals surface area contributed by atoms with Gasteiger partial charge in [-0.15, -0.1) is 0 Å². The average Bonchev–Trinajstić information content (AvgIpc) is 2.40. The van der Waals surface area contributed by atoms with Crippen LogP contribution in [0.4, 0.5) is 24.5 Å². The number of ether oxygens (including phenoxy) is 1. The van der Waals surface area contributed by atoms with E-state index >= 15 is 0 Å². The van der Waals surface area contributed by atoms with Gasteiger partial charge in [0.15, 0.2) is 0 Å². The molecule has 0 spiro atoms. The van der Waals surface area contributed by atoms with Crippen molar-refractivity contribution in [1.29, 1.82) is 0 Å². The second-order valence-electron chi connectivity index (χ2n) is 4.22. The zero-order valence-corrected chi connectivity index (χ0v) is 10.6. The quantitative estimate of drug-likeness (QED) is 0.655. The molecule has 0 bridgehead atoms. The molecule has 20 heavy (non-hydrogen) atoms. The van der Waals surface area contributed by atoms with Crippen LogP contribution in [-0.4, -0.2) is 30.9 Å². The predicted octanol–water partition coefficient (Wildman–Crippen LogP) is 2.81. The van der Waals surface area contributed by atoms with Crippen molar-refractivity contribution < 1.29 is 17.9 Å².